The molecule has 0 aromatic carbocycles. The molecule has 1 unspecified atom stereocenters. The third-order valence-electron chi connectivity index (χ3n) is 5.08. The smallest absolute Gasteiger partial charge is 0.244 e. The highest BCUT2D eigenvalue weighted by molar-refractivity contribution is 7.14. The number of aromatic nitrogens is 5. The van der Waals surface area contributed by atoms with Crippen LogP contribution in [0.4, 0.5) is 10.9 Å². The average molecular weight is 442 g/mol. The molecule has 4 aromatic heterocycles. The second-order valence-corrected chi connectivity index (χ2v) is 8.22. The van der Waals surface area contributed by atoms with Gasteiger partial charge in [-0.2, -0.15) is 10.1 Å². The van der Waals surface area contributed by atoms with Gasteiger partial charge in [0.05, 0.1) is 35.6 Å². The van der Waals surface area contributed by atoms with Crippen LogP contribution in [0, 0.1) is 0 Å². The molecule has 3 N–H and O–H groups in total. The lowest BCUT2D eigenvalue weighted by Crippen LogP contribution is -2.17. The minimum absolute atomic E-state index is 0.0534. The molecule has 5 heterocycles. The highest BCUT2D eigenvalue weighted by Crippen LogP contribution is 2.32. The predicted octanol–water partition coefficient (Wildman–Crippen LogP) is 2.34. The van der Waals surface area contributed by atoms with E-state index >= 15 is 0 Å². The van der Waals surface area contributed by atoms with Crippen molar-refractivity contribution in [1.29, 1.82) is 0 Å². The first kappa shape index (κ1) is 19.9. The first-order valence-corrected chi connectivity index (χ1v) is 10.8. The summed E-state index contributed by atoms with van der Waals surface area (Å²) in [6, 6.07) is 3.79. The fourth-order valence-electron chi connectivity index (χ4n) is 3.50. The van der Waals surface area contributed by atoms with E-state index in [4.69, 9.17) is 9.47 Å². The van der Waals surface area contributed by atoms with Gasteiger partial charge in [0.1, 0.15) is 17.8 Å². The Morgan fingerprint density at radius 3 is 3.03 bits per heavy atom. The molecule has 0 amide bonds. The Balaban J connectivity index is 1.53. The van der Waals surface area contributed by atoms with Gasteiger partial charge >= 0.3 is 0 Å². The molecule has 2 atom stereocenters. The summed E-state index contributed by atoms with van der Waals surface area (Å²) in [5, 5.41) is 23.0. The molecule has 5 rings (SSSR count). The van der Waals surface area contributed by atoms with Crippen molar-refractivity contribution < 1.29 is 14.6 Å². The molecule has 0 aliphatic carbocycles. The Kier molecular flexibility index (Phi) is 5.32. The normalized spacial score (nSPS) is 17.3. The molecule has 1 aliphatic heterocycles. The van der Waals surface area contributed by atoms with Gasteiger partial charge in [-0.15, -0.1) is 11.3 Å². The molecular formula is C20H23N7O3S. The molecule has 1 fully saturated rings. The van der Waals surface area contributed by atoms with E-state index in [1.54, 1.807) is 17.9 Å². The van der Waals surface area contributed by atoms with Crippen LogP contribution >= 0.6 is 11.3 Å². The summed E-state index contributed by atoms with van der Waals surface area (Å²) in [6.45, 7) is 1.22. The molecule has 0 bridgehead atoms. The van der Waals surface area contributed by atoms with Gasteiger partial charge in [0.15, 0.2) is 0 Å². The van der Waals surface area contributed by atoms with Gasteiger partial charge < -0.3 is 24.5 Å². The Morgan fingerprint density at radius 2 is 2.29 bits per heavy atom. The van der Waals surface area contributed by atoms with Crippen molar-refractivity contribution >= 4 is 33.3 Å². The fourth-order valence-corrected chi connectivity index (χ4v) is 4.31. The van der Waals surface area contributed by atoms with Gasteiger partial charge in [0.2, 0.25) is 11.8 Å². The largest absolute Gasteiger partial charge is 0.470 e. The Hall–Kier alpha value is -2.99. The Morgan fingerprint density at radius 1 is 1.39 bits per heavy atom. The summed E-state index contributed by atoms with van der Waals surface area (Å²) in [5.41, 5.74) is 3.21. The highest BCUT2D eigenvalue weighted by Gasteiger charge is 2.22. The maximum absolute atomic E-state index is 9.96. The maximum Gasteiger partial charge on any atom is 0.244 e. The van der Waals surface area contributed by atoms with E-state index in [-0.39, 0.29) is 6.10 Å². The van der Waals surface area contributed by atoms with Crippen LogP contribution in [0.5, 0.6) is 5.88 Å². The van der Waals surface area contributed by atoms with Crippen molar-refractivity contribution in [3.05, 3.63) is 41.7 Å². The number of nitrogens with zero attached hydrogens (tertiary/aromatic N) is 5. The molecular weight excluding hydrogens is 418 g/mol. The monoisotopic (exact) mass is 441 g/mol. The van der Waals surface area contributed by atoms with E-state index in [0.29, 0.717) is 25.0 Å². The number of thiophene rings is 1. The zero-order valence-corrected chi connectivity index (χ0v) is 18.0. The van der Waals surface area contributed by atoms with Gasteiger partial charge in [-0.05, 0) is 19.2 Å². The van der Waals surface area contributed by atoms with Gasteiger partial charge in [-0.25, -0.2) is 4.98 Å². The van der Waals surface area contributed by atoms with E-state index in [0.717, 1.165) is 33.7 Å². The molecule has 10 nitrogen and oxygen atoms in total. The van der Waals surface area contributed by atoms with Crippen LogP contribution < -0.4 is 15.4 Å². The molecule has 11 heteroatoms. The molecule has 31 heavy (non-hydrogen) atoms. The lowest BCUT2D eigenvalue weighted by molar-refractivity contribution is 0.139. The summed E-state index contributed by atoms with van der Waals surface area (Å²) < 4.78 is 15.4. The number of aliphatic hydroxyl groups is 1. The van der Waals surface area contributed by atoms with Crippen LogP contribution in [0.15, 0.2) is 36.1 Å². The van der Waals surface area contributed by atoms with Crippen molar-refractivity contribution in [3.63, 3.8) is 0 Å². The van der Waals surface area contributed by atoms with Crippen molar-refractivity contribution in [2.45, 2.75) is 18.8 Å². The van der Waals surface area contributed by atoms with Crippen LogP contribution in [0.2, 0.25) is 0 Å². The zero-order chi connectivity index (χ0) is 21.4. The Labute approximate surface area is 182 Å². The molecule has 0 spiro atoms. The summed E-state index contributed by atoms with van der Waals surface area (Å²) in [4.78, 5) is 9.36. The second-order valence-electron chi connectivity index (χ2n) is 7.31. The predicted molar refractivity (Wildman–Crippen MR) is 117 cm³/mol. The van der Waals surface area contributed by atoms with Crippen LogP contribution in [-0.4, -0.2) is 55.8 Å². The minimum atomic E-state index is -0.718. The van der Waals surface area contributed by atoms with Gasteiger partial charge in [-0.3, -0.25) is 10.00 Å². The average Bonchev–Trinajstić information content (AvgIpc) is 3.54. The fraction of sp³-hybridized carbons (Fsp3) is 0.350. The maximum atomic E-state index is 9.96. The first-order chi connectivity index (χ1) is 15.1. The first-order valence-electron chi connectivity index (χ1n) is 9.94. The second kappa shape index (κ2) is 8.27. The SMILES string of the molecule is CNC(O)c1csc(Nc2nc(O[C@H]3CCOC3)c3c(ccn3-c3cnn(C)c3)n2)c1. The van der Waals surface area contributed by atoms with Crippen LogP contribution in [0.25, 0.3) is 16.7 Å². The number of fused-ring (bicyclic) bond motifs is 1. The quantitative estimate of drug-likeness (QED) is 0.375. The number of hydrogen-bond donors (Lipinski definition) is 3. The lowest BCUT2D eigenvalue weighted by Gasteiger charge is -2.14. The van der Waals surface area contributed by atoms with Crippen molar-refractivity contribution in [2.24, 2.45) is 7.05 Å². The number of aliphatic hydroxyl groups excluding tert-OH is 1. The molecule has 1 saturated heterocycles. The van der Waals surface area contributed by atoms with Gasteiger partial charge in [0.25, 0.3) is 0 Å². The van der Waals surface area contributed by atoms with E-state index in [1.807, 2.05) is 41.5 Å². The number of nitrogens with one attached hydrogen (secondary N) is 2. The van der Waals surface area contributed by atoms with E-state index in [1.165, 1.54) is 11.3 Å². The van der Waals surface area contributed by atoms with Crippen LogP contribution in [-0.2, 0) is 11.8 Å². The summed E-state index contributed by atoms with van der Waals surface area (Å²) in [6.07, 6.45) is 5.69. The summed E-state index contributed by atoms with van der Waals surface area (Å²) in [7, 11) is 3.58. The van der Waals surface area contributed by atoms with Crippen LogP contribution in [0.1, 0.15) is 18.2 Å². The third-order valence-corrected chi connectivity index (χ3v) is 5.94. The third kappa shape index (κ3) is 4.00. The molecule has 4 aromatic rings. The molecule has 0 radical (unpaired) electrons. The van der Waals surface area contributed by atoms with Crippen molar-refractivity contribution in [1.82, 2.24) is 29.6 Å². The number of aryl methyl sites for hydroxylation is 1. The van der Waals surface area contributed by atoms with Crippen molar-refractivity contribution in [2.75, 3.05) is 25.6 Å². The molecule has 1 aliphatic rings. The van der Waals surface area contributed by atoms with E-state index in [2.05, 4.69) is 25.7 Å². The molecule has 0 saturated carbocycles. The van der Waals surface area contributed by atoms with Gasteiger partial charge in [-0.1, -0.05) is 0 Å². The van der Waals surface area contributed by atoms with E-state index < -0.39 is 6.23 Å². The molecule has 162 valence electrons. The Bertz CT molecular complexity index is 1190. The highest BCUT2D eigenvalue weighted by atomic mass is 32.1. The number of rotatable bonds is 7. The standard InChI is InChI=1S/C20H23N7O3S/c1-21-18(28)12-7-16(31-11-12)24-20-23-15-3-5-27(13-8-22-26(2)9-13)17(15)19(25-20)30-14-4-6-29-10-14/h3,5,7-9,11,14,18,21,28H,4,6,10H2,1-2H3,(H,23,24,25)/t14-,18?/m0/s1. The number of hydrogen-bond acceptors (Lipinski definition) is 9. The zero-order valence-electron chi connectivity index (χ0n) is 17.1. The minimum Gasteiger partial charge on any atom is -0.470 e. The number of ether oxygens (including phenoxy) is 2. The van der Waals surface area contributed by atoms with Crippen molar-refractivity contribution in [3.8, 4) is 11.6 Å². The topological polar surface area (TPSA) is 111 Å². The number of anilines is 2. The van der Waals surface area contributed by atoms with Gasteiger partial charge in [0, 0.05) is 36.8 Å². The van der Waals surface area contributed by atoms with Crippen LogP contribution in [0.3, 0.4) is 0 Å². The lowest BCUT2D eigenvalue weighted by atomic mass is 10.3. The summed E-state index contributed by atoms with van der Waals surface area (Å²) >= 11 is 1.47. The summed E-state index contributed by atoms with van der Waals surface area (Å²) in [5.74, 6) is 0.918. The van der Waals surface area contributed by atoms with E-state index in [9.17, 15) is 5.11 Å².